The second-order valence-electron chi connectivity index (χ2n) is 9.57. The first-order chi connectivity index (χ1) is 20.6. The Labute approximate surface area is 250 Å². The van der Waals surface area contributed by atoms with Gasteiger partial charge in [0.25, 0.3) is 5.91 Å². The molecular weight excluding hydrogens is 582 g/mol. The summed E-state index contributed by atoms with van der Waals surface area (Å²) < 4.78 is 14.9. The van der Waals surface area contributed by atoms with E-state index in [2.05, 4.69) is 15.5 Å². The molecule has 0 saturated carbocycles. The van der Waals surface area contributed by atoms with Gasteiger partial charge in [-0.2, -0.15) is 4.98 Å². The largest absolute Gasteiger partial charge is 0.497 e. The Kier molecular flexibility index (Phi) is 9.87. The third-order valence-electron chi connectivity index (χ3n) is 6.84. The van der Waals surface area contributed by atoms with Gasteiger partial charge in [0.05, 0.1) is 20.6 Å². The second kappa shape index (κ2) is 13.7. The highest BCUT2D eigenvalue weighted by molar-refractivity contribution is 7.71. The average molecular weight is 612 g/mol. The fourth-order valence-corrected chi connectivity index (χ4v) is 4.77. The third kappa shape index (κ3) is 7.62. The zero-order valence-electron chi connectivity index (χ0n) is 23.3. The molecule has 3 amide bonds. The van der Waals surface area contributed by atoms with Crippen LogP contribution in [0.2, 0.25) is 0 Å². The van der Waals surface area contributed by atoms with Crippen LogP contribution in [0.1, 0.15) is 22.3 Å². The molecule has 0 aliphatic carbocycles. The predicted octanol–water partition coefficient (Wildman–Crippen LogP) is 1.44. The van der Waals surface area contributed by atoms with Crippen LogP contribution >= 0.6 is 12.2 Å². The molecule has 1 fully saturated rings. The maximum absolute atomic E-state index is 14.0. The minimum absolute atomic E-state index is 0.0319. The van der Waals surface area contributed by atoms with Crippen molar-refractivity contribution in [1.82, 2.24) is 25.3 Å². The highest BCUT2D eigenvalue weighted by Crippen LogP contribution is 2.20. The van der Waals surface area contributed by atoms with Crippen molar-refractivity contribution >= 4 is 41.9 Å². The van der Waals surface area contributed by atoms with Crippen LogP contribution in [0.4, 0.5) is 0 Å². The van der Waals surface area contributed by atoms with E-state index in [4.69, 9.17) is 26.2 Å². The number of hydrogen-bond donors (Lipinski definition) is 3. The van der Waals surface area contributed by atoms with Crippen LogP contribution in [-0.2, 0) is 30.3 Å². The summed E-state index contributed by atoms with van der Waals surface area (Å²) in [5.74, 6) is -2.89. The van der Waals surface area contributed by atoms with E-state index in [-0.39, 0.29) is 29.9 Å². The van der Waals surface area contributed by atoms with Crippen LogP contribution in [0.15, 0.2) is 53.1 Å². The summed E-state index contributed by atoms with van der Waals surface area (Å²) in [5, 5.41) is 14.6. The summed E-state index contributed by atoms with van der Waals surface area (Å²) in [6.45, 7) is -0.701. The molecule has 3 aromatic rings. The number of carboxylic acids is 1. The maximum Gasteiger partial charge on any atom is 0.323 e. The molecule has 1 saturated heterocycles. The number of aromatic amines is 1. The SMILES string of the molecule is COC(=O)C[C@H]1C(=O)N(CC(=O)O)CCN1C(=O)[C@H](Cc1ccc(OC)cc1)NC(=O)c1ccc(-c2nc(=S)o[nH]2)cc1. The number of aromatic nitrogens is 2. The van der Waals surface area contributed by atoms with Gasteiger partial charge in [-0.25, -0.2) is 5.16 Å². The molecule has 0 radical (unpaired) electrons. The first-order valence-corrected chi connectivity index (χ1v) is 13.5. The number of piperazine rings is 1. The fraction of sp³-hybridized carbons (Fsp3) is 0.321. The summed E-state index contributed by atoms with van der Waals surface area (Å²) in [6, 6.07) is 10.8. The van der Waals surface area contributed by atoms with E-state index in [1.54, 1.807) is 48.5 Å². The van der Waals surface area contributed by atoms with E-state index in [9.17, 15) is 29.1 Å². The van der Waals surface area contributed by atoms with E-state index in [0.717, 1.165) is 12.0 Å². The highest BCUT2D eigenvalue weighted by atomic mass is 32.1. The molecule has 15 heteroatoms. The first kappa shape index (κ1) is 30.9. The molecule has 2 atom stereocenters. The number of carboxylic acid groups (broad SMARTS) is 1. The molecule has 2 aromatic carbocycles. The van der Waals surface area contributed by atoms with E-state index < -0.39 is 54.7 Å². The van der Waals surface area contributed by atoms with Crippen molar-refractivity contribution in [3.8, 4) is 17.1 Å². The van der Waals surface area contributed by atoms with Crippen LogP contribution in [0.3, 0.4) is 0 Å². The van der Waals surface area contributed by atoms with Gasteiger partial charge in [-0.15, -0.1) is 0 Å². The minimum atomic E-state index is -1.31. The number of carbonyl (C=O) groups excluding carboxylic acids is 4. The molecule has 2 heterocycles. The first-order valence-electron chi connectivity index (χ1n) is 13.1. The van der Waals surface area contributed by atoms with Gasteiger partial charge in [0, 0.05) is 30.6 Å². The van der Waals surface area contributed by atoms with Crippen molar-refractivity contribution in [2.75, 3.05) is 33.9 Å². The zero-order valence-corrected chi connectivity index (χ0v) is 24.1. The lowest BCUT2D eigenvalue weighted by molar-refractivity contribution is -0.159. The summed E-state index contributed by atoms with van der Waals surface area (Å²) in [4.78, 5) is 70.4. The number of hydrogen-bond acceptors (Lipinski definition) is 10. The summed E-state index contributed by atoms with van der Waals surface area (Å²) >= 11 is 4.87. The Hall–Kier alpha value is -5.05. The molecular formula is C28H29N5O9S. The van der Waals surface area contributed by atoms with E-state index in [0.29, 0.717) is 22.7 Å². The number of benzene rings is 2. The normalized spacial score (nSPS) is 15.5. The van der Waals surface area contributed by atoms with E-state index in [1.807, 2.05) is 0 Å². The van der Waals surface area contributed by atoms with Gasteiger partial charge >= 0.3 is 16.8 Å². The third-order valence-corrected chi connectivity index (χ3v) is 7.02. The number of esters is 1. The van der Waals surface area contributed by atoms with Crippen LogP contribution < -0.4 is 10.1 Å². The molecule has 0 spiro atoms. The number of carbonyl (C=O) groups is 5. The number of H-pyrrole nitrogens is 1. The number of methoxy groups -OCH3 is 2. The van der Waals surface area contributed by atoms with Gasteiger partial charge in [0.2, 0.25) is 11.8 Å². The molecule has 1 aliphatic rings. The van der Waals surface area contributed by atoms with Crippen molar-refractivity contribution in [3.05, 3.63) is 64.5 Å². The van der Waals surface area contributed by atoms with Crippen LogP contribution in [-0.4, -0.2) is 101 Å². The van der Waals surface area contributed by atoms with Gasteiger partial charge < -0.3 is 34.2 Å². The van der Waals surface area contributed by atoms with Crippen molar-refractivity contribution in [2.45, 2.75) is 24.9 Å². The highest BCUT2D eigenvalue weighted by Gasteiger charge is 2.42. The van der Waals surface area contributed by atoms with E-state index >= 15 is 0 Å². The Bertz CT molecular complexity index is 1550. The molecule has 1 aliphatic heterocycles. The number of ether oxygens (including phenoxy) is 2. The van der Waals surface area contributed by atoms with Gasteiger partial charge in [0.1, 0.15) is 24.4 Å². The Morgan fingerprint density at radius 1 is 1.12 bits per heavy atom. The molecule has 14 nitrogen and oxygen atoms in total. The molecule has 43 heavy (non-hydrogen) atoms. The molecule has 3 N–H and O–H groups in total. The standard InChI is InChI=1S/C28H29N5O9S/c1-40-19-9-3-16(4-10-19)13-20(29-25(37)18-7-5-17(6-8-18)24-30-28(43)42-31-24)26(38)33-12-11-32(15-22(34)35)27(39)21(33)14-23(36)41-2/h3-10,20-21H,11-15H2,1-2H3,(H,29,37)(H,34,35)(H,30,31,43)/t20-,21-/m0/s1. The van der Waals surface area contributed by atoms with Crippen molar-refractivity contribution in [2.24, 2.45) is 0 Å². The van der Waals surface area contributed by atoms with Gasteiger partial charge in [-0.3, -0.25) is 24.0 Å². The molecule has 1 aromatic heterocycles. The van der Waals surface area contributed by atoms with E-state index in [1.165, 1.54) is 12.0 Å². The quantitative estimate of drug-likeness (QED) is 0.211. The molecule has 4 rings (SSSR count). The van der Waals surface area contributed by atoms with Crippen molar-refractivity contribution in [1.29, 1.82) is 0 Å². The molecule has 0 bridgehead atoms. The van der Waals surface area contributed by atoms with Crippen LogP contribution in [0.5, 0.6) is 5.75 Å². The lowest BCUT2D eigenvalue weighted by Gasteiger charge is -2.41. The Morgan fingerprint density at radius 2 is 1.81 bits per heavy atom. The Balaban J connectivity index is 1.61. The zero-order chi connectivity index (χ0) is 31.1. The summed E-state index contributed by atoms with van der Waals surface area (Å²) in [5.41, 5.74) is 1.55. The second-order valence-corrected chi connectivity index (χ2v) is 9.92. The summed E-state index contributed by atoms with van der Waals surface area (Å²) in [7, 11) is 2.66. The lowest BCUT2D eigenvalue weighted by atomic mass is 10.0. The van der Waals surface area contributed by atoms with Gasteiger partial charge in [-0.1, -0.05) is 24.3 Å². The minimum Gasteiger partial charge on any atom is -0.497 e. The van der Waals surface area contributed by atoms with Crippen molar-refractivity contribution < 1.29 is 43.1 Å². The smallest absolute Gasteiger partial charge is 0.323 e. The average Bonchev–Trinajstić information content (AvgIpc) is 3.44. The topological polar surface area (TPSA) is 184 Å². The predicted molar refractivity (Wildman–Crippen MR) is 151 cm³/mol. The maximum atomic E-state index is 14.0. The summed E-state index contributed by atoms with van der Waals surface area (Å²) in [6.07, 6.45) is -0.427. The molecule has 226 valence electrons. The number of amides is 3. The lowest BCUT2D eigenvalue weighted by Crippen LogP contribution is -2.63. The van der Waals surface area contributed by atoms with Gasteiger partial charge in [0.15, 0.2) is 5.82 Å². The van der Waals surface area contributed by atoms with Gasteiger partial charge in [-0.05, 0) is 42.0 Å². The van der Waals surface area contributed by atoms with Crippen LogP contribution in [0.25, 0.3) is 11.4 Å². The number of nitrogens with zero attached hydrogens (tertiary/aromatic N) is 3. The van der Waals surface area contributed by atoms with Crippen LogP contribution in [0, 0.1) is 4.84 Å². The number of nitrogens with one attached hydrogen (secondary N) is 2. The van der Waals surface area contributed by atoms with Crippen molar-refractivity contribution in [3.63, 3.8) is 0 Å². The monoisotopic (exact) mass is 611 g/mol. The number of rotatable bonds is 11. The Morgan fingerprint density at radius 3 is 2.40 bits per heavy atom. The number of aliphatic carboxylic acids is 1. The molecule has 0 unspecified atom stereocenters. The fourth-order valence-electron chi connectivity index (χ4n) is 4.63.